The summed E-state index contributed by atoms with van der Waals surface area (Å²) in [5, 5.41) is 13.5. The quantitative estimate of drug-likeness (QED) is 0.843. The molecule has 0 radical (unpaired) electrons. The van der Waals surface area contributed by atoms with Crippen LogP contribution in [-0.2, 0) is 10.8 Å². The molecule has 0 heterocycles. The molecule has 0 fully saturated rings. The molecule has 0 aliphatic rings. The Hall–Kier alpha value is -0.710. The maximum Gasteiger partial charge on any atom is 0.0766 e. The average Bonchev–Trinajstić information content (AvgIpc) is 2.36. The summed E-state index contributed by atoms with van der Waals surface area (Å²) in [4.78, 5) is 0.838. The van der Waals surface area contributed by atoms with Gasteiger partial charge in [-0.05, 0) is 37.5 Å². The number of hydrogen-bond acceptors (Lipinski definition) is 3. The number of hydrogen-bond donors (Lipinski definition) is 2. The molecular weight excluding hydrogens is 258 g/mol. The fraction of sp³-hybridized carbons (Fsp3) is 0.600. The lowest BCUT2D eigenvalue weighted by Gasteiger charge is -2.29. The summed E-state index contributed by atoms with van der Waals surface area (Å²) in [6, 6.07) is 7.91. The van der Waals surface area contributed by atoms with Crippen molar-refractivity contribution in [2.45, 2.75) is 44.2 Å². The SMILES string of the molecule is CC(NCC(C)(O)C(C)C)c1ccc(S(C)=O)cc1. The molecule has 4 heteroatoms. The first-order chi connectivity index (χ1) is 8.74. The van der Waals surface area contributed by atoms with Crippen LogP contribution in [0.5, 0.6) is 0 Å². The van der Waals surface area contributed by atoms with Crippen molar-refractivity contribution in [3.05, 3.63) is 29.8 Å². The van der Waals surface area contributed by atoms with E-state index in [-0.39, 0.29) is 12.0 Å². The van der Waals surface area contributed by atoms with E-state index >= 15 is 0 Å². The van der Waals surface area contributed by atoms with Crippen LogP contribution in [0, 0.1) is 5.92 Å². The van der Waals surface area contributed by atoms with Gasteiger partial charge in [0, 0.05) is 34.5 Å². The van der Waals surface area contributed by atoms with Gasteiger partial charge in [-0.3, -0.25) is 4.21 Å². The molecule has 0 amide bonds. The van der Waals surface area contributed by atoms with E-state index in [9.17, 15) is 9.32 Å². The van der Waals surface area contributed by atoms with Crippen LogP contribution in [0.25, 0.3) is 0 Å². The van der Waals surface area contributed by atoms with Crippen LogP contribution in [0.1, 0.15) is 39.3 Å². The third-order valence-corrected chi connectivity index (χ3v) is 4.66. The monoisotopic (exact) mass is 283 g/mol. The third-order valence-electron chi connectivity index (χ3n) is 3.72. The molecular formula is C15H25NO2S. The van der Waals surface area contributed by atoms with Gasteiger partial charge < -0.3 is 10.4 Å². The number of aliphatic hydroxyl groups is 1. The van der Waals surface area contributed by atoms with E-state index in [2.05, 4.69) is 12.2 Å². The molecule has 3 unspecified atom stereocenters. The highest BCUT2D eigenvalue weighted by Gasteiger charge is 2.25. The molecule has 1 aromatic rings. The van der Waals surface area contributed by atoms with Gasteiger partial charge in [0.15, 0.2) is 0 Å². The molecule has 0 aromatic heterocycles. The molecule has 0 aliphatic heterocycles. The van der Waals surface area contributed by atoms with Crippen molar-refractivity contribution in [2.75, 3.05) is 12.8 Å². The lowest BCUT2D eigenvalue weighted by Crippen LogP contribution is -2.42. The van der Waals surface area contributed by atoms with Gasteiger partial charge in [-0.25, -0.2) is 0 Å². The van der Waals surface area contributed by atoms with E-state index in [4.69, 9.17) is 0 Å². The van der Waals surface area contributed by atoms with Crippen LogP contribution in [0.2, 0.25) is 0 Å². The predicted molar refractivity (Wildman–Crippen MR) is 80.7 cm³/mol. The van der Waals surface area contributed by atoms with Crippen molar-refractivity contribution in [1.29, 1.82) is 0 Å². The predicted octanol–water partition coefficient (Wildman–Crippen LogP) is 2.48. The Kier molecular flexibility index (Phi) is 5.71. The van der Waals surface area contributed by atoms with Gasteiger partial charge in [-0.15, -0.1) is 0 Å². The topological polar surface area (TPSA) is 49.3 Å². The molecule has 0 bridgehead atoms. The molecule has 3 atom stereocenters. The fourth-order valence-corrected chi connectivity index (χ4v) is 2.15. The van der Waals surface area contributed by atoms with Crippen LogP contribution in [-0.4, -0.2) is 27.7 Å². The second kappa shape index (κ2) is 6.64. The van der Waals surface area contributed by atoms with E-state index in [1.807, 2.05) is 45.0 Å². The Morgan fingerprint density at radius 1 is 1.26 bits per heavy atom. The molecule has 0 saturated carbocycles. The number of rotatable bonds is 6. The van der Waals surface area contributed by atoms with Crippen molar-refractivity contribution in [2.24, 2.45) is 5.92 Å². The Morgan fingerprint density at radius 3 is 2.21 bits per heavy atom. The maximum absolute atomic E-state index is 11.3. The Morgan fingerprint density at radius 2 is 1.79 bits per heavy atom. The Bertz CT molecular complexity index is 426. The lowest BCUT2D eigenvalue weighted by molar-refractivity contribution is 0.0122. The van der Waals surface area contributed by atoms with Crippen molar-refractivity contribution in [3.63, 3.8) is 0 Å². The summed E-state index contributed by atoms with van der Waals surface area (Å²) in [5.74, 6) is 0.206. The van der Waals surface area contributed by atoms with Crippen molar-refractivity contribution in [3.8, 4) is 0 Å². The smallest absolute Gasteiger partial charge is 0.0766 e. The lowest BCUT2D eigenvalue weighted by atomic mass is 9.92. The number of benzene rings is 1. The van der Waals surface area contributed by atoms with Gasteiger partial charge in [-0.1, -0.05) is 26.0 Å². The van der Waals surface area contributed by atoms with Gasteiger partial charge in [0.25, 0.3) is 0 Å². The molecule has 0 saturated heterocycles. The standard InChI is InChI=1S/C15H25NO2S/c1-11(2)15(4,17)10-16-12(3)13-6-8-14(9-7-13)19(5)18/h6-9,11-12,16-17H,10H2,1-5H3. The summed E-state index contributed by atoms with van der Waals surface area (Å²) in [5.41, 5.74) is 0.424. The molecule has 1 rings (SSSR count). The van der Waals surface area contributed by atoms with Crippen LogP contribution in [0.3, 0.4) is 0 Å². The van der Waals surface area contributed by atoms with E-state index in [0.29, 0.717) is 6.54 Å². The maximum atomic E-state index is 11.3. The molecule has 108 valence electrons. The summed E-state index contributed by atoms with van der Waals surface area (Å²) >= 11 is 0. The van der Waals surface area contributed by atoms with Gasteiger partial charge in [0.2, 0.25) is 0 Å². The van der Waals surface area contributed by atoms with Gasteiger partial charge in [0.1, 0.15) is 0 Å². The van der Waals surface area contributed by atoms with Crippen LogP contribution in [0.4, 0.5) is 0 Å². The second-order valence-corrected chi connectivity index (χ2v) is 7.02. The summed E-state index contributed by atoms with van der Waals surface area (Å²) in [7, 11) is -0.935. The minimum absolute atomic E-state index is 0.157. The zero-order valence-electron chi connectivity index (χ0n) is 12.4. The second-order valence-electron chi connectivity index (χ2n) is 5.64. The van der Waals surface area contributed by atoms with Crippen molar-refractivity contribution in [1.82, 2.24) is 5.32 Å². The highest BCUT2D eigenvalue weighted by atomic mass is 32.2. The van der Waals surface area contributed by atoms with Crippen LogP contribution < -0.4 is 5.32 Å². The Balaban J connectivity index is 2.63. The van der Waals surface area contributed by atoms with Crippen LogP contribution >= 0.6 is 0 Å². The van der Waals surface area contributed by atoms with Crippen LogP contribution in [0.15, 0.2) is 29.2 Å². The minimum atomic E-state index is -0.935. The summed E-state index contributed by atoms with van der Waals surface area (Å²) in [6.07, 6.45) is 1.68. The first kappa shape index (κ1) is 16.3. The van der Waals surface area contributed by atoms with Gasteiger partial charge in [-0.2, -0.15) is 0 Å². The van der Waals surface area contributed by atoms with E-state index in [1.165, 1.54) is 0 Å². The largest absolute Gasteiger partial charge is 0.389 e. The normalized spacial score (nSPS) is 18.1. The molecule has 0 aliphatic carbocycles. The van der Waals surface area contributed by atoms with Gasteiger partial charge >= 0.3 is 0 Å². The third kappa shape index (κ3) is 4.71. The molecule has 1 aromatic carbocycles. The molecule has 0 spiro atoms. The zero-order chi connectivity index (χ0) is 14.6. The molecule has 2 N–H and O–H groups in total. The number of nitrogens with one attached hydrogen (secondary N) is 1. The highest BCUT2D eigenvalue weighted by molar-refractivity contribution is 7.84. The molecule has 3 nitrogen and oxygen atoms in total. The summed E-state index contributed by atoms with van der Waals surface area (Å²) in [6.45, 7) is 8.48. The average molecular weight is 283 g/mol. The van der Waals surface area contributed by atoms with Crippen molar-refractivity contribution < 1.29 is 9.32 Å². The zero-order valence-corrected chi connectivity index (χ0v) is 13.3. The van der Waals surface area contributed by atoms with Gasteiger partial charge in [0.05, 0.1) is 5.60 Å². The Labute approximate surface area is 118 Å². The van der Waals surface area contributed by atoms with E-state index in [0.717, 1.165) is 10.5 Å². The first-order valence-corrected chi connectivity index (χ1v) is 8.19. The fourth-order valence-electron chi connectivity index (χ4n) is 1.63. The van der Waals surface area contributed by atoms with E-state index in [1.54, 1.807) is 6.26 Å². The highest BCUT2D eigenvalue weighted by Crippen LogP contribution is 2.18. The molecule has 19 heavy (non-hydrogen) atoms. The minimum Gasteiger partial charge on any atom is -0.389 e. The first-order valence-electron chi connectivity index (χ1n) is 6.63. The van der Waals surface area contributed by atoms with E-state index < -0.39 is 16.4 Å². The summed E-state index contributed by atoms with van der Waals surface area (Å²) < 4.78 is 11.3. The van der Waals surface area contributed by atoms with Crippen molar-refractivity contribution >= 4 is 10.8 Å².